The van der Waals surface area contributed by atoms with E-state index in [2.05, 4.69) is 36.3 Å². The Bertz CT molecular complexity index is 615. The van der Waals surface area contributed by atoms with Gasteiger partial charge in [-0.15, -0.1) is 18.3 Å². The molecule has 0 amide bonds. The molecule has 2 rings (SSSR count). The zero-order valence-corrected chi connectivity index (χ0v) is 12.6. The van der Waals surface area contributed by atoms with Gasteiger partial charge in [0.1, 0.15) is 5.75 Å². The fourth-order valence-electron chi connectivity index (χ4n) is 1.68. The topological polar surface area (TPSA) is 52.0 Å². The summed E-state index contributed by atoms with van der Waals surface area (Å²) >= 11 is 3.06. The summed E-state index contributed by atoms with van der Waals surface area (Å²) in [6.45, 7) is 3.31. The van der Waals surface area contributed by atoms with Crippen LogP contribution in [0.1, 0.15) is 12.6 Å². The molecule has 0 aliphatic heterocycles. The number of benzene rings is 1. The van der Waals surface area contributed by atoms with E-state index >= 15 is 0 Å². The minimum Gasteiger partial charge on any atom is -0.405 e. The Labute approximate surface area is 127 Å². The van der Waals surface area contributed by atoms with E-state index in [0.717, 1.165) is 12.2 Å². The maximum Gasteiger partial charge on any atom is 0.573 e. The molecule has 2 aromatic rings. The second-order valence-corrected chi connectivity index (χ2v) is 4.93. The highest BCUT2D eigenvalue weighted by Gasteiger charge is 2.32. The van der Waals surface area contributed by atoms with E-state index in [1.54, 1.807) is 10.9 Å². The third-order valence-corrected chi connectivity index (χ3v) is 3.18. The van der Waals surface area contributed by atoms with Gasteiger partial charge in [-0.1, -0.05) is 12.1 Å². The fraction of sp³-hybridized carbons (Fsp3) is 0.333. The number of aromatic nitrogens is 3. The molecule has 0 radical (unpaired) electrons. The number of halogens is 4. The molecule has 0 saturated carbocycles. The summed E-state index contributed by atoms with van der Waals surface area (Å²) in [4.78, 5) is 0. The van der Waals surface area contributed by atoms with Crippen molar-refractivity contribution < 1.29 is 17.9 Å². The highest BCUT2D eigenvalue weighted by molar-refractivity contribution is 9.10. The van der Waals surface area contributed by atoms with Crippen molar-refractivity contribution in [3.63, 3.8) is 0 Å². The highest BCUT2D eigenvalue weighted by atomic mass is 79.9. The van der Waals surface area contributed by atoms with Gasteiger partial charge in [-0.2, -0.15) is 0 Å². The number of ether oxygens (including phenoxy) is 1. The van der Waals surface area contributed by atoms with Crippen molar-refractivity contribution >= 4 is 15.9 Å². The van der Waals surface area contributed by atoms with Gasteiger partial charge < -0.3 is 10.1 Å². The van der Waals surface area contributed by atoms with Crippen molar-refractivity contribution in [3.8, 4) is 11.4 Å². The molecule has 0 saturated heterocycles. The number of alkyl halides is 3. The van der Waals surface area contributed by atoms with E-state index in [0.29, 0.717) is 12.2 Å². The van der Waals surface area contributed by atoms with Crippen LogP contribution in [0.4, 0.5) is 13.2 Å². The molecule has 0 bridgehead atoms. The Balaban J connectivity index is 2.26. The average Bonchev–Trinajstić information content (AvgIpc) is 2.85. The van der Waals surface area contributed by atoms with Crippen LogP contribution in [0.15, 0.2) is 28.9 Å². The summed E-state index contributed by atoms with van der Waals surface area (Å²) < 4.78 is 42.3. The van der Waals surface area contributed by atoms with Gasteiger partial charge >= 0.3 is 6.36 Å². The third kappa shape index (κ3) is 4.18. The van der Waals surface area contributed by atoms with Crippen LogP contribution in [-0.2, 0) is 6.54 Å². The van der Waals surface area contributed by atoms with E-state index in [4.69, 9.17) is 0 Å². The molecule has 0 aliphatic carbocycles. The van der Waals surface area contributed by atoms with Crippen molar-refractivity contribution in [1.29, 1.82) is 0 Å². The molecule has 0 atom stereocenters. The molecule has 5 nitrogen and oxygen atoms in total. The van der Waals surface area contributed by atoms with Gasteiger partial charge in [-0.25, -0.2) is 4.68 Å². The van der Waals surface area contributed by atoms with Gasteiger partial charge in [-0.3, -0.25) is 0 Å². The number of rotatable bonds is 5. The molecule has 1 aromatic heterocycles. The first-order valence-corrected chi connectivity index (χ1v) is 6.86. The first-order chi connectivity index (χ1) is 9.90. The summed E-state index contributed by atoms with van der Waals surface area (Å²) in [5.41, 5.74) is 1.38. The molecule has 0 aliphatic rings. The van der Waals surface area contributed by atoms with Gasteiger partial charge in [0, 0.05) is 6.54 Å². The molecule has 0 fully saturated rings. The SMILES string of the molecule is CCNCc1cnnn1-c1ccc(OC(F)(F)F)c(Br)c1. The highest BCUT2D eigenvalue weighted by Crippen LogP contribution is 2.32. The van der Waals surface area contributed by atoms with Crippen molar-refractivity contribution in [2.24, 2.45) is 0 Å². The van der Waals surface area contributed by atoms with Crippen LogP contribution in [0, 0.1) is 0 Å². The number of hydrogen-bond acceptors (Lipinski definition) is 4. The largest absolute Gasteiger partial charge is 0.573 e. The first-order valence-electron chi connectivity index (χ1n) is 6.06. The number of hydrogen-bond donors (Lipinski definition) is 1. The van der Waals surface area contributed by atoms with Crippen molar-refractivity contribution in [2.45, 2.75) is 19.8 Å². The van der Waals surface area contributed by atoms with Crippen molar-refractivity contribution in [1.82, 2.24) is 20.3 Å². The molecule has 1 N–H and O–H groups in total. The van der Waals surface area contributed by atoms with Gasteiger partial charge in [-0.05, 0) is 40.7 Å². The quantitative estimate of drug-likeness (QED) is 0.885. The molecule has 114 valence electrons. The zero-order chi connectivity index (χ0) is 15.5. The predicted octanol–water partition coefficient (Wildman–Crippen LogP) is 3.04. The van der Waals surface area contributed by atoms with Gasteiger partial charge in [0.05, 0.1) is 22.1 Å². The number of nitrogens with one attached hydrogen (secondary N) is 1. The molecule has 1 aromatic carbocycles. The normalized spacial score (nSPS) is 11.7. The average molecular weight is 365 g/mol. The molecule has 0 unspecified atom stereocenters. The maximum absolute atomic E-state index is 12.2. The van der Waals surface area contributed by atoms with Crippen LogP contribution in [0.25, 0.3) is 5.69 Å². The molecule has 9 heteroatoms. The summed E-state index contributed by atoms with van der Waals surface area (Å²) in [5.74, 6) is -0.306. The molecule has 21 heavy (non-hydrogen) atoms. The Morgan fingerprint density at radius 3 is 2.76 bits per heavy atom. The molecular formula is C12H12BrF3N4O. The molecule has 0 spiro atoms. The molecule has 1 heterocycles. The first kappa shape index (κ1) is 15.8. The van der Waals surface area contributed by atoms with E-state index in [1.165, 1.54) is 18.2 Å². The van der Waals surface area contributed by atoms with Crippen LogP contribution in [0.3, 0.4) is 0 Å². The van der Waals surface area contributed by atoms with Crippen LogP contribution >= 0.6 is 15.9 Å². The van der Waals surface area contributed by atoms with E-state index < -0.39 is 6.36 Å². The summed E-state index contributed by atoms with van der Waals surface area (Å²) in [6.07, 6.45) is -3.13. The van der Waals surface area contributed by atoms with Crippen LogP contribution in [0.2, 0.25) is 0 Å². The monoisotopic (exact) mass is 364 g/mol. The van der Waals surface area contributed by atoms with Gasteiger partial charge in [0.15, 0.2) is 0 Å². The van der Waals surface area contributed by atoms with E-state index in [9.17, 15) is 13.2 Å². The fourth-order valence-corrected chi connectivity index (χ4v) is 2.12. The summed E-state index contributed by atoms with van der Waals surface area (Å²) in [5, 5.41) is 10.9. The maximum atomic E-state index is 12.2. The Morgan fingerprint density at radius 2 is 2.14 bits per heavy atom. The lowest BCUT2D eigenvalue weighted by atomic mass is 10.3. The third-order valence-electron chi connectivity index (χ3n) is 2.56. The smallest absolute Gasteiger partial charge is 0.405 e. The Hall–Kier alpha value is -1.61. The summed E-state index contributed by atoms with van der Waals surface area (Å²) in [6, 6.07) is 4.20. The Morgan fingerprint density at radius 1 is 1.38 bits per heavy atom. The van der Waals surface area contributed by atoms with E-state index in [-0.39, 0.29) is 10.2 Å². The van der Waals surface area contributed by atoms with E-state index in [1.807, 2.05) is 6.92 Å². The van der Waals surface area contributed by atoms with Gasteiger partial charge in [0.2, 0.25) is 0 Å². The molecular weight excluding hydrogens is 353 g/mol. The second-order valence-electron chi connectivity index (χ2n) is 4.08. The standard InChI is InChI=1S/C12H12BrF3N4O/c1-2-17-6-9-7-18-19-20(9)8-3-4-11(10(13)5-8)21-12(14,15)16/h3-5,7,17H,2,6H2,1H3. The van der Waals surface area contributed by atoms with Crippen LogP contribution in [-0.4, -0.2) is 27.9 Å². The summed E-state index contributed by atoms with van der Waals surface area (Å²) in [7, 11) is 0. The van der Waals surface area contributed by atoms with Gasteiger partial charge in [0.25, 0.3) is 0 Å². The Kier molecular flexibility index (Phi) is 4.84. The predicted molar refractivity (Wildman–Crippen MR) is 73.1 cm³/mol. The van der Waals surface area contributed by atoms with Crippen LogP contribution in [0.5, 0.6) is 5.75 Å². The van der Waals surface area contributed by atoms with Crippen LogP contribution < -0.4 is 10.1 Å². The van der Waals surface area contributed by atoms with Crippen molar-refractivity contribution in [3.05, 3.63) is 34.6 Å². The zero-order valence-electron chi connectivity index (χ0n) is 11.0. The number of nitrogens with zero attached hydrogens (tertiary/aromatic N) is 3. The lowest BCUT2D eigenvalue weighted by Gasteiger charge is -2.12. The minimum atomic E-state index is -4.73. The lowest BCUT2D eigenvalue weighted by Crippen LogP contribution is -2.17. The van der Waals surface area contributed by atoms with Crippen molar-refractivity contribution in [2.75, 3.05) is 6.54 Å². The lowest BCUT2D eigenvalue weighted by molar-refractivity contribution is -0.274. The minimum absolute atomic E-state index is 0.183. The second kappa shape index (κ2) is 6.44.